The molecule has 7 nitrogen and oxygen atoms in total. The Balaban J connectivity index is 1.51. The van der Waals surface area contributed by atoms with Crippen LogP contribution in [0.5, 0.6) is 0 Å². The molecule has 0 aromatic heterocycles. The maximum atomic E-state index is 13.6. The third-order valence-corrected chi connectivity index (χ3v) is 7.82. The second-order valence-corrected chi connectivity index (χ2v) is 10.2. The summed E-state index contributed by atoms with van der Waals surface area (Å²) in [7, 11) is -3.82. The molecule has 35 heavy (non-hydrogen) atoms. The van der Waals surface area contributed by atoms with Crippen LogP contribution in [-0.2, 0) is 14.8 Å². The van der Waals surface area contributed by atoms with Gasteiger partial charge in [0.25, 0.3) is 5.91 Å². The van der Waals surface area contributed by atoms with Crippen LogP contribution in [0, 0.1) is 5.82 Å². The number of halogens is 1. The standard InChI is InChI=1S/C26H26FN3O4S/c27-22-12-14-23(15-13-22)35(33,34)30-17-7-16-29(18-19-30)26(32)24(20-8-3-1-4-9-20)28-25(31)21-10-5-2-6-11-21/h1-6,8-15,24H,7,16-19H2,(H,28,31)/t24-/m1/s1. The molecule has 0 bridgehead atoms. The highest BCUT2D eigenvalue weighted by Gasteiger charge is 2.32. The maximum Gasteiger partial charge on any atom is 0.252 e. The van der Waals surface area contributed by atoms with Gasteiger partial charge in [-0.15, -0.1) is 0 Å². The summed E-state index contributed by atoms with van der Waals surface area (Å²) in [6, 6.07) is 21.4. The summed E-state index contributed by atoms with van der Waals surface area (Å²) in [6.07, 6.45) is 0.431. The number of sulfonamides is 1. The van der Waals surface area contributed by atoms with Gasteiger partial charge >= 0.3 is 0 Å². The van der Waals surface area contributed by atoms with E-state index in [-0.39, 0.29) is 36.3 Å². The van der Waals surface area contributed by atoms with E-state index in [1.807, 2.05) is 6.07 Å². The smallest absolute Gasteiger partial charge is 0.252 e. The Morgan fingerprint density at radius 1 is 0.800 bits per heavy atom. The molecule has 0 unspecified atom stereocenters. The summed E-state index contributed by atoms with van der Waals surface area (Å²) in [4.78, 5) is 28.0. The van der Waals surface area contributed by atoms with Crippen LogP contribution in [0.15, 0.2) is 89.8 Å². The normalized spacial score (nSPS) is 15.7. The number of hydrogen-bond donors (Lipinski definition) is 1. The van der Waals surface area contributed by atoms with Crippen molar-refractivity contribution in [2.24, 2.45) is 0 Å². The van der Waals surface area contributed by atoms with Gasteiger partial charge in [-0.1, -0.05) is 48.5 Å². The molecule has 0 spiro atoms. The minimum Gasteiger partial charge on any atom is -0.339 e. The van der Waals surface area contributed by atoms with Crippen LogP contribution in [0.25, 0.3) is 0 Å². The molecule has 4 rings (SSSR count). The number of carbonyl (C=O) groups excluding carboxylic acids is 2. The van der Waals surface area contributed by atoms with Crippen molar-refractivity contribution < 1.29 is 22.4 Å². The van der Waals surface area contributed by atoms with E-state index in [9.17, 15) is 22.4 Å². The van der Waals surface area contributed by atoms with E-state index < -0.39 is 21.9 Å². The van der Waals surface area contributed by atoms with E-state index in [0.717, 1.165) is 12.1 Å². The number of benzene rings is 3. The molecule has 9 heteroatoms. The maximum absolute atomic E-state index is 13.6. The molecule has 1 fully saturated rings. The molecule has 1 atom stereocenters. The second kappa shape index (κ2) is 10.8. The van der Waals surface area contributed by atoms with Crippen molar-refractivity contribution in [3.63, 3.8) is 0 Å². The van der Waals surface area contributed by atoms with Crippen LogP contribution in [0.3, 0.4) is 0 Å². The van der Waals surface area contributed by atoms with Crippen LogP contribution in [0.2, 0.25) is 0 Å². The quantitative estimate of drug-likeness (QED) is 0.569. The monoisotopic (exact) mass is 495 g/mol. The summed E-state index contributed by atoms with van der Waals surface area (Å²) < 4.78 is 40.6. The third-order valence-electron chi connectivity index (χ3n) is 5.91. The van der Waals surface area contributed by atoms with E-state index in [1.165, 1.54) is 16.4 Å². The Kier molecular flexibility index (Phi) is 7.57. The molecule has 1 aliphatic rings. The fourth-order valence-corrected chi connectivity index (χ4v) is 5.50. The minimum atomic E-state index is -3.82. The Morgan fingerprint density at radius 3 is 2.09 bits per heavy atom. The lowest BCUT2D eigenvalue weighted by molar-refractivity contribution is -0.133. The van der Waals surface area contributed by atoms with Gasteiger partial charge in [0.2, 0.25) is 15.9 Å². The molecule has 182 valence electrons. The Hall–Kier alpha value is -3.56. The van der Waals surface area contributed by atoms with Crippen LogP contribution in [0.1, 0.15) is 28.4 Å². The Morgan fingerprint density at radius 2 is 1.43 bits per heavy atom. The Labute approximate surface area is 204 Å². The Bertz CT molecular complexity index is 1270. The first-order valence-corrected chi connectivity index (χ1v) is 12.8. The van der Waals surface area contributed by atoms with E-state index in [1.54, 1.807) is 59.5 Å². The molecule has 0 saturated carbocycles. The van der Waals surface area contributed by atoms with Crippen LogP contribution >= 0.6 is 0 Å². The number of nitrogens with zero attached hydrogens (tertiary/aromatic N) is 2. The summed E-state index contributed by atoms with van der Waals surface area (Å²) >= 11 is 0. The van der Waals surface area contributed by atoms with Crippen molar-refractivity contribution >= 4 is 21.8 Å². The number of rotatable bonds is 6. The molecular weight excluding hydrogens is 469 g/mol. The highest BCUT2D eigenvalue weighted by molar-refractivity contribution is 7.89. The van der Waals surface area contributed by atoms with E-state index in [4.69, 9.17) is 0 Å². The first-order valence-electron chi connectivity index (χ1n) is 11.3. The molecule has 3 aromatic rings. The van der Waals surface area contributed by atoms with Gasteiger partial charge in [-0.05, 0) is 48.4 Å². The molecule has 0 radical (unpaired) electrons. The fourth-order valence-electron chi connectivity index (χ4n) is 4.03. The predicted octanol–water partition coefficient (Wildman–Crippen LogP) is 3.22. The molecule has 1 N–H and O–H groups in total. The molecule has 1 heterocycles. The van der Waals surface area contributed by atoms with Crippen LogP contribution < -0.4 is 5.32 Å². The summed E-state index contributed by atoms with van der Waals surface area (Å²) in [5, 5.41) is 2.84. The van der Waals surface area contributed by atoms with Gasteiger partial charge in [0.1, 0.15) is 11.9 Å². The highest BCUT2D eigenvalue weighted by Crippen LogP contribution is 2.21. The topological polar surface area (TPSA) is 86.8 Å². The second-order valence-electron chi connectivity index (χ2n) is 8.22. The molecular formula is C26H26FN3O4S. The first-order chi connectivity index (χ1) is 16.9. The zero-order chi connectivity index (χ0) is 24.8. The number of nitrogens with one attached hydrogen (secondary N) is 1. The van der Waals surface area contributed by atoms with E-state index in [2.05, 4.69) is 5.32 Å². The summed E-state index contributed by atoms with van der Waals surface area (Å²) in [5.41, 5.74) is 1.08. The van der Waals surface area contributed by atoms with Gasteiger partial charge < -0.3 is 10.2 Å². The van der Waals surface area contributed by atoms with Crippen molar-refractivity contribution in [2.75, 3.05) is 26.2 Å². The lowest BCUT2D eigenvalue weighted by Crippen LogP contribution is -2.44. The molecule has 2 amide bonds. The van der Waals surface area contributed by atoms with Gasteiger partial charge in [-0.2, -0.15) is 4.31 Å². The van der Waals surface area contributed by atoms with Gasteiger partial charge in [0.15, 0.2) is 0 Å². The largest absolute Gasteiger partial charge is 0.339 e. The van der Waals surface area contributed by atoms with E-state index >= 15 is 0 Å². The van der Waals surface area contributed by atoms with Gasteiger partial charge in [0.05, 0.1) is 4.90 Å². The summed E-state index contributed by atoms with van der Waals surface area (Å²) in [5.74, 6) is -1.19. The van der Waals surface area contributed by atoms with Crippen molar-refractivity contribution in [1.82, 2.24) is 14.5 Å². The highest BCUT2D eigenvalue weighted by atomic mass is 32.2. The zero-order valence-corrected chi connectivity index (χ0v) is 19.8. The average molecular weight is 496 g/mol. The zero-order valence-electron chi connectivity index (χ0n) is 19.0. The molecule has 1 saturated heterocycles. The van der Waals surface area contributed by atoms with Crippen molar-refractivity contribution in [3.05, 3.63) is 102 Å². The van der Waals surface area contributed by atoms with Gasteiger partial charge in [-0.3, -0.25) is 9.59 Å². The van der Waals surface area contributed by atoms with E-state index in [0.29, 0.717) is 24.1 Å². The minimum absolute atomic E-state index is 0.0102. The van der Waals surface area contributed by atoms with Gasteiger partial charge in [-0.25, -0.2) is 12.8 Å². The molecule has 1 aliphatic heterocycles. The van der Waals surface area contributed by atoms with Crippen molar-refractivity contribution in [1.29, 1.82) is 0 Å². The van der Waals surface area contributed by atoms with Crippen LogP contribution in [0.4, 0.5) is 4.39 Å². The van der Waals surface area contributed by atoms with Gasteiger partial charge in [0, 0.05) is 31.7 Å². The average Bonchev–Trinajstić information content (AvgIpc) is 3.15. The summed E-state index contributed by atoms with van der Waals surface area (Å²) in [6.45, 7) is 0.845. The molecule has 3 aromatic carbocycles. The van der Waals surface area contributed by atoms with Crippen molar-refractivity contribution in [3.8, 4) is 0 Å². The predicted molar refractivity (Wildman–Crippen MR) is 129 cm³/mol. The number of hydrogen-bond acceptors (Lipinski definition) is 4. The third kappa shape index (κ3) is 5.75. The number of amides is 2. The SMILES string of the molecule is O=C(N[C@@H](C(=O)N1CCCN(S(=O)(=O)c2ccc(F)cc2)CC1)c1ccccc1)c1ccccc1. The lowest BCUT2D eigenvalue weighted by atomic mass is 10.0. The lowest BCUT2D eigenvalue weighted by Gasteiger charge is -2.27. The number of carbonyl (C=O) groups is 2. The fraction of sp³-hybridized carbons (Fsp3) is 0.231. The first kappa shape index (κ1) is 24.6. The van der Waals surface area contributed by atoms with Crippen LogP contribution in [-0.4, -0.2) is 55.6 Å². The molecule has 0 aliphatic carbocycles. The van der Waals surface area contributed by atoms with Crippen molar-refractivity contribution in [2.45, 2.75) is 17.4 Å².